The molecule has 0 aromatic heterocycles. The first-order valence-electron chi connectivity index (χ1n) is 5.22. The normalized spacial score (nSPS) is 15.5. The summed E-state index contributed by atoms with van der Waals surface area (Å²) in [4.78, 5) is 9.34. The molecule has 0 aliphatic carbocycles. The van der Waals surface area contributed by atoms with E-state index in [0.29, 0.717) is 6.92 Å². The highest BCUT2D eigenvalue weighted by atomic mass is 28.4. The summed E-state index contributed by atoms with van der Waals surface area (Å²) in [5, 5.41) is 8.41. The SMILES string of the molecule is CC(=O)C(F)(F)F.CC(C#N)(O[Si](C)(C)C)C(F)(F)F. The molecule has 0 aliphatic heterocycles. The molecule has 0 fully saturated rings. The summed E-state index contributed by atoms with van der Waals surface area (Å²) in [6.45, 7) is 6.06. The van der Waals surface area contributed by atoms with E-state index in [-0.39, 0.29) is 0 Å². The molecule has 0 saturated heterocycles. The predicted molar refractivity (Wildman–Crippen MR) is 61.2 cm³/mol. The van der Waals surface area contributed by atoms with Gasteiger partial charge in [-0.05, 0) is 26.6 Å². The minimum atomic E-state index is -4.64. The van der Waals surface area contributed by atoms with E-state index in [1.165, 1.54) is 0 Å². The monoisotopic (exact) mass is 323 g/mol. The van der Waals surface area contributed by atoms with Gasteiger partial charge in [0.15, 0.2) is 8.32 Å². The summed E-state index contributed by atoms with van der Waals surface area (Å²) in [7, 11) is -2.37. The molecule has 20 heavy (non-hydrogen) atoms. The zero-order chi connectivity index (χ0) is 17.0. The first kappa shape index (κ1) is 21.2. The lowest BCUT2D eigenvalue weighted by Crippen LogP contribution is -2.49. The van der Waals surface area contributed by atoms with Crippen LogP contribution in [0.5, 0.6) is 0 Å². The number of hydrogen-bond acceptors (Lipinski definition) is 3. The number of rotatable bonds is 2. The van der Waals surface area contributed by atoms with E-state index in [0.717, 1.165) is 13.0 Å². The average molecular weight is 323 g/mol. The quantitative estimate of drug-likeness (QED) is 0.573. The van der Waals surface area contributed by atoms with E-state index in [2.05, 4.69) is 0 Å². The van der Waals surface area contributed by atoms with Gasteiger partial charge in [-0.3, -0.25) is 4.79 Å². The number of hydrogen-bond donors (Lipinski definition) is 0. The lowest BCUT2D eigenvalue weighted by molar-refractivity contribution is -0.222. The topological polar surface area (TPSA) is 50.1 Å². The fraction of sp³-hybridized carbons (Fsp3) is 0.800. The summed E-state index contributed by atoms with van der Waals surface area (Å²) < 4.78 is 74.2. The Hall–Kier alpha value is -1.08. The van der Waals surface area contributed by atoms with Crippen molar-refractivity contribution >= 4 is 14.1 Å². The zero-order valence-corrected chi connectivity index (χ0v) is 12.5. The highest BCUT2D eigenvalue weighted by Crippen LogP contribution is 2.34. The van der Waals surface area contributed by atoms with Crippen LogP contribution in [0, 0.1) is 11.3 Å². The fourth-order valence-electron chi connectivity index (χ4n) is 0.756. The predicted octanol–water partition coefficient (Wildman–Crippen LogP) is 3.82. The summed E-state index contributed by atoms with van der Waals surface area (Å²) in [5.41, 5.74) is -2.67. The van der Waals surface area contributed by atoms with Crippen LogP contribution < -0.4 is 0 Å². The molecule has 0 heterocycles. The molecular weight excluding hydrogens is 308 g/mol. The number of alkyl halides is 6. The van der Waals surface area contributed by atoms with Gasteiger partial charge in [0.05, 0.1) is 0 Å². The van der Waals surface area contributed by atoms with Gasteiger partial charge < -0.3 is 4.43 Å². The maximum atomic E-state index is 12.3. The molecule has 0 aromatic rings. The minimum absolute atomic E-state index is 0.486. The van der Waals surface area contributed by atoms with E-state index < -0.39 is 32.1 Å². The zero-order valence-electron chi connectivity index (χ0n) is 11.5. The van der Waals surface area contributed by atoms with Crippen LogP contribution in [-0.2, 0) is 9.22 Å². The number of carbonyl (C=O) groups is 1. The second-order valence-corrected chi connectivity index (χ2v) is 9.34. The largest absolute Gasteiger partial charge is 0.449 e. The van der Waals surface area contributed by atoms with E-state index in [1.807, 2.05) is 0 Å². The number of carbonyl (C=O) groups excluding carboxylic acids is 1. The van der Waals surface area contributed by atoms with Crippen LogP contribution in [0.3, 0.4) is 0 Å². The van der Waals surface area contributed by atoms with Gasteiger partial charge in [-0.15, -0.1) is 0 Å². The molecule has 0 rings (SSSR count). The molecule has 0 spiro atoms. The van der Waals surface area contributed by atoms with Crippen LogP contribution in [0.4, 0.5) is 26.3 Å². The van der Waals surface area contributed by atoms with Crippen molar-refractivity contribution in [2.75, 3.05) is 0 Å². The van der Waals surface area contributed by atoms with Crippen molar-refractivity contribution in [3.05, 3.63) is 0 Å². The average Bonchev–Trinajstić information content (AvgIpc) is 2.12. The molecule has 0 aliphatic rings. The molecule has 0 aromatic carbocycles. The molecule has 1 atom stereocenters. The maximum Gasteiger partial charge on any atom is 0.449 e. The molecule has 3 nitrogen and oxygen atoms in total. The van der Waals surface area contributed by atoms with Crippen LogP contribution in [0.15, 0.2) is 0 Å². The van der Waals surface area contributed by atoms with Crippen LogP contribution in [-0.4, -0.2) is 32.1 Å². The van der Waals surface area contributed by atoms with Gasteiger partial charge in [0.2, 0.25) is 11.4 Å². The molecular formula is C10H15F6NO2Si. The van der Waals surface area contributed by atoms with Crippen LogP contribution >= 0.6 is 0 Å². The lowest BCUT2D eigenvalue weighted by Gasteiger charge is -2.31. The van der Waals surface area contributed by atoms with Crippen molar-refractivity contribution in [2.24, 2.45) is 0 Å². The number of nitriles is 1. The van der Waals surface area contributed by atoms with Gasteiger partial charge in [-0.2, -0.15) is 31.6 Å². The Morgan fingerprint density at radius 3 is 1.45 bits per heavy atom. The number of ketones is 1. The maximum absolute atomic E-state index is 12.3. The van der Waals surface area contributed by atoms with Crippen LogP contribution in [0.25, 0.3) is 0 Å². The van der Waals surface area contributed by atoms with E-state index in [4.69, 9.17) is 9.69 Å². The molecule has 1 unspecified atom stereocenters. The second-order valence-electron chi connectivity index (χ2n) is 4.91. The highest BCUT2D eigenvalue weighted by molar-refractivity contribution is 6.69. The van der Waals surface area contributed by atoms with Crippen molar-refractivity contribution in [3.63, 3.8) is 0 Å². The molecule has 0 radical (unpaired) electrons. The Bertz CT molecular complexity index is 379. The van der Waals surface area contributed by atoms with Gasteiger partial charge >= 0.3 is 12.4 Å². The van der Waals surface area contributed by atoms with Crippen LogP contribution in [0.2, 0.25) is 19.6 Å². The molecule has 118 valence electrons. The number of Topliss-reactive ketones (excluding diaryl/α,β-unsaturated/α-hetero) is 1. The summed E-state index contributed by atoms with van der Waals surface area (Å²) in [6, 6.07) is 1.16. The fourth-order valence-corrected chi connectivity index (χ4v) is 2.14. The van der Waals surface area contributed by atoms with Gasteiger partial charge in [0.25, 0.3) is 0 Å². The van der Waals surface area contributed by atoms with Gasteiger partial charge in [-0.1, -0.05) is 0 Å². The Kier molecular flexibility index (Phi) is 6.98. The van der Waals surface area contributed by atoms with E-state index in [1.54, 1.807) is 19.6 Å². The summed E-state index contributed by atoms with van der Waals surface area (Å²) in [5.74, 6) is -1.76. The van der Waals surface area contributed by atoms with Crippen molar-refractivity contribution < 1.29 is 35.6 Å². The first-order valence-corrected chi connectivity index (χ1v) is 8.63. The van der Waals surface area contributed by atoms with Crippen LogP contribution in [0.1, 0.15) is 13.8 Å². The summed E-state index contributed by atoms with van der Waals surface area (Å²) >= 11 is 0. The third-order valence-corrected chi connectivity index (χ3v) is 2.68. The van der Waals surface area contributed by atoms with Gasteiger partial charge in [0, 0.05) is 6.92 Å². The Balaban J connectivity index is 0. The Labute approximate surface area is 113 Å². The van der Waals surface area contributed by atoms with Gasteiger partial charge in [-0.25, -0.2) is 0 Å². The van der Waals surface area contributed by atoms with Crippen molar-refractivity contribution in [3.8, 4) is 6.07 Å². The molecule has 0 amide bonds. The standard InChI is InChI=1S/C7H12F3NOSi.C3H3F3O/c1-6(5-11,7(8,9)10)12-13(2,3)4;1-2(7)3(4,5)6/h1-4H3;1H3. The van der Waals surface area contributed by atoms with E-state index >= 15 is 0 Å². The summed E-state index contributed by atoms with van der Waals surface area (Å²) in [6.07, 6.45) is -9.28. The Morgan fingerprint density at radius 1 is 1.10 bits per heavy atom. The Morgan fingerprint density at radius 2 is 1.40 bits per heavy atom. The van der Waals surface area contributed by atoms with E-state index in [9.17, 15) is 31.1 Å². The lowest BCUT2D eigenvalue weighted by atomic mass is 10.1. The molecule has 0 N–H and O–H groups in total. The highest BCUT2D eigenvalue weighted by Gasteiger charge is 2.54. The van der Waals surface area contributed by atoms with Gasteiger partial charge in [0.1, 0.15) is 6.07 Å². The first-order chi connectivity index (χ1) is 8.46. The van der Waals surface area contributed by atoms with Crippen molar-refractivity contribution in [1.82, 2.24) is 0 Å². The van der Waals surface area contributed by atoms with Crippen molar-refractivity contribution in [1.29, 1.82) is 5.26 Å². The third kappa shape index (κ3) is 8.16. The third-order valence-electron chi connectivity index (χ3n) is 1.66. The molecule has 0 bridgehead atoms. The number of nitrogens with zero attached hydrogens (tertiary/aromatic N) is 1. The smallest absolute Gasteiger partial charge is 0.393 e. The second kappa shape index (κ2) is 6.58. The van der Waals surface area contributed by atoms with Crippen molar-refractivity contribution in [2.45, 2.75) is 51.4 Å². The minimum Gasteiger partial charge on any atom is -0.393 e. The molecule has 0 saturated carbocycles. The number of halogens is 6. The molecule has 10 heteroatoms.